The number of rotatable bonds is 2. The van der Waals surface area contributed by atoms with Crippen molar-refractivity contribution in [3.63, 3.8) is 0 Å². The minimum atomic E-state index is 0.464. The third-order valence-corrected chi connectivity index (χ3v) is 3.95. The van der Waals surface area contributed by atoms with Crippen LogP contribution in [0, 0.1) is 0 Å². The van der Waals surface area contributed by atoms with Gasteiger partial charge in [0.05, 0.1) is 0 Å². The van der Waals surface area contributed by atoms with Crippen LogP contribution in [0.1, 0.15) is 17.0 Å². The highest BCUT2D eigenvalue weighted by Crippen LogP contribution is 2.35. The van der Waals surface area contributed by atoms with Gasteiger partial charge in [0.25, 0.3) is 0 Å². The third-order valence-electron chi connectivity index (χ3n) is 3.95. The van der Waals surface area contributed by atoms with Gasteiger partial charge in [-0.3, -0.25) is 0 Å². The fourth-order valence-corrected chi connectivity index (χ4v) is 3.05. The van der Waals surface area contributed by atoms with Gasteiger partial charge in [-0.1, -0.05) is 48.6 Å². The van der Waals surface area contributed by atoms with Crippen molar-refractivity contribution in [1.29, 1.82) is 0 Å². The summed E-state index contributed by atoms with van der Waals surface area (Å²) in [5, 5.41) is 2.77. The van der Waals surface area contributed by atoms with Crippen LogP contribution in [0.4, 0.5) is 0 Å². The Balaban J connectivity index is 1.86. The van der Waals surface area contributed by atoms with Gasteiger partial charge >= 0.3 is 0 Å². The molecule has 3 aromatic rings. The first kappa shape index (κ1) is 10.6. The number of aromatic nitrogens is 1. The van der Waals surface area contributed by atoms with E-state index in [4.69, 9.17) is 0 Å². The van der Waals surface area contributed by atoms with Gasteiger partial charge in [-0.2, -0.15) is 0 Å². The fourth-order valence-electron chi connectivity index (χ4n) is 3.05. The summed E-state index contributed by atoms with van der Waals surface area (Å²) in [5.41, 5.74) is 2.79. The zero-order chi connectivity index (χ0) is 12.7. The molecular weight excluding hydrogens is 230 g/mol. The lowest BCUT2D eigenvalue weighted by atomic mass is 9.86. The first-order valence-corrected chi connectivity index (χ1v) is 6.72. The summed E-state index contributed by atoms with van der Waals surface area (Å²) >= 11 is 0. The van der Waals surface area contributed by atoms with E-state index in [2.05, 4.69) is 77.6 Å². The van der Waals surface area contributed by atoms with Gasteiger partial charge in [-0.05, 0) is 34.0 Å². The number of hydrogen-bond acceptors (Lipinski definition) is 0. The predicted octanol–water partition coefficient (Wildman–Crippen LogP) is 4.45. The van der Waals surface area contributed by atoms with E-state index in [0.717, 1.165) is 6.54 Å². The molecule has 1 heteroatoms. The van der Waals surface area contributed by atoms with Crippen molar-refractivity contribution in [2.45, 2.75) is 12.5 Å². The van der Waals surface area contributed by atoms with Crippen LogP contribution in [-0.2, 0) is 6.54 Å². The molecule has 0 spiro atoms. The highest BCUT2D eigenvalue weighted by molar-refractivity contribution is 5.95. The Morgan fingerprint density at radius 3 is 2.53 bits per heavy atom. The molecule has 19 heavy (non-hydrogen) atoms. The predicted molar refractivity (Wildman–Crippen MR) is 80.2 cm³/mol. The maximum atomic E-state index is 2.33. The van der Waals surface area contributed by atoms with E-state index in [1.165, 1.54) is 21.9 Å². The smallest absolute Gasteiger partial charge is 0.0323 e. The number of benzene rings is 2. The van der Waals surface area contributed by atoms with Gasteiger partial charge in [0, 0.05) is 24.9 Å². The van der Waals surface area contributed by atoms with Gasteiger partial charge in [0.2, 0.25) is 0 Å². The SMILES string of the molecule is C1=CC(Cn2cccc2)c2cccc3cccc1c23. The van der Waals surface area contributed by atoms with Crippen molar-refractivity contribution >= 4 is 16.8 Å². The second-order valence-corrected chi connectivity index (χ2v) is 5.14. The van der Waals surface area contributed by atoms with Crippen molar-refractivity contribution in [3.8, 4) is 0 Å². The van der Waals surface area contributed by atoms with E-state index in [9.17, 15) is 0 Å². The molecule has 1 heterocycles. The van der Waals surface area contributed by atoms with Gasteiger partial charge in [-0.25, -0.2) is 0 Å². The van der Waals surface area contributed by atoms with Crippen LogP contribution in [0.25, 0.3) is 16.8 Å². The molecule has 0 saturated carbocycles. The Morgan fingerprint density at radius 2 is 1.68 bits per heavy atom. The summed E-state index contributed by atoms with van der Waals surface area (Å²) in [6.45, 7) is 1.01. The van der Waals surface area contributed by atoms with E-state index in [-0.39, 0.29) is 0 Å². The quantitative estimate of drug-likeness (QED) is 0.628. The fraction of sp³-hybridized carbons (Fsp3) is 0.111. The Hall–Kier alpha value is -2.28. The van der Waals surface area contributed by atoms with Crippen LogP contribution in [-0.4, -0.2) is 4.57 Å². The zero-order valence-electron chi connectivity index (χ0n) is 10.7. The van der Waals surface area contributed by atoms with Crippen LogP contribution in [0.15, 0.2) is 67.0 Å². The molecule has 2 aromatic carbocycles. The minimum Gasteiger partial charge on any atom is -0.353 e. The van der Waals surface area contributed by atoms with Crippen molar-refractivity contribution in [2.24, 2.45) is 0 Å². The van der Waals surface area contributed by atoms with Gasteiger partial charge < -0.3 is 4.57 Å². The Labute approximate surface area is 112 Å². The molecule has 0 saturated heterocycles. The first-order valence-electron chi connectivity index (χ1n) is 6.72. The van der Waals surface area contributed by atoms with E-state index < -0.39 is 0 Å². The standard InChI is InChI=1S/C18H15N/c1-2-12-19(11-1)13-16-10-9-15-6-3-5-14-7-4-8-17(16)18(14)15/h1-12,16H,13H2. The van der Waals surface area contributed by atoms with Gasteiger partial charge in [0.15, 0.2) is 0 Å². The monoisotopic (exact) mass is 245 g/mol. The van der Waals surface area contributed by atoms with Crippen LogP contribution in [0.2, 0.25) is 0 Å². The summed E-state index contributed by atoms with van der Waals surface area (Å²) in [7, 11) is 0. The lowest BCUT2D eigenvalue weighted by Gasteiger charge is -2.21. The molecule has 0 bridgehead atoms. The average Bonchev–Trinajstić information content (AvgIpc) is 2.95. The molecule has 0 amide bonds. The molecule has 1 aliphatic carbocycles. The van der Waals surface area contributed by atoms with Gasteiger partial charge in [0.1, 0.15) is 0 Å². The molecule has 1 atom stereocenters. The molecule has 1 aromatic heterocycles. The summed E-state index contributed by atoms with van der Waals surface area (Å²) in [5.74, 6) is 0.464. The molecule has 4 rings (SSSR count). The van der Waals surface area contributed by atoms with Crippen LogP contribution < -0.4 is 0 Å². The summed E-state index contributed by atoms with van der Waals surface area (Å²) in [4.78, 5) is 0. The van der Waals surface area contributed by atoms with E-state index in [0.29, 0.717) is 5.92 Å². The normalized spacial score (nSPS) is 16.9. The van der Waals surface area contributed by atoms with Crippen molar-refractivity contribution < 1.29 is 0 Å². The van der Waals surface area contributed by atoms with Gasteiger partial charge in [-0.15, -0.1) is 0 Å². The number of nitrogens with zero attached hydrogens (tertiary/aromatic N) is 1. The Kier molecular flexibility index (Phi) is 2.31. The highest BCUT2D eigenvalue weighted by atomic mass is 14.9. The lowest BCUT2D eigenvalue weighted by molar-refractivity contribution is 0.644. The van der Waals surface area contributed by atoms with Crippen molar-refractivity contribution in [2.75, 3.05) is 0 Å². The maximum Gasteiger partial charge on any atom is 0.0323 e. The highest BCUT2D eigenvalue weighted by Gasteiger charge is 2.17. The minimum absolute atomic E-state index is 0.464. The first-order chi connectivity index (χ1) is 9.42. The average molecular weight is 245 g/mol. The van der Waals surface area contributed by atoms with E-state index in [1.807, 2.05) is 0 Å². The van der Waals surface area contributed by atoms with E-state index >= 15 is 0 Å². The van der Waals surface area contributed by atoms with Crippen LogP contribution in [0.5, 0.6) is 0 Å². The van der Waals surface area contributed by atoms with Crippen LogP contribution in [0.3, 0.4) is 0 Å². The Morgan fingerprint density at radius 1 is 0.895 bits per heavy atom. The largest absolute Gasteiger partial charge is 0.353 e. The molecule has 1 nitrogen and oxygen atoms in total. The molecule has 0 N–H and O–H groups in total. The lowest BCUT2D eigenvalue weighted by Crippen LogP contribution is -2.08. The number of allylic oxidation sites excluding steroid dienone is 1. The maximum absolute atomic E-state index is 2.33. The zero-order valence-corrected chi connectivity index (χ0v) is 10.7. The third kappa shape index (κ3) is 1.70. The second-order valence-electron chi connectivity index (χ2n) is 5.14. The molecule has 1 aliphatic rings. The van der Waals surface area contributed by atoms with Crippen molar-refractivity contribution in [1.82, 2.24) is 4.57 Å². The summed E-state index contributed by atoms with van der Waals surface area (Å²) in [6.07, 6.45) is 8.86. The molecule has 1 unspecified atom stereocenters. The molecule has 0 aliphatic heterocycles. The number of hydrogen-bond donors (Lipinski definition) is 0. The summed E-state index contributed by atoms with van der Waals surface area (Å²) in [6, 6.07) is 17.4. The topological polar surface area (TPSA) is 4.93 Å². The molecule has 0 radical (unpaired) electrons. The van der Waals surface area contributed by atoms with E-state index in [1.54, 1.807) is 0 Å². The molecule has 92 valence electrons. The van der Waals surface area contributed by atoms with Crippen molar-refractivity contribution in [3.05, 3.63) is 78.1 Å². The summed E-state index contributed by atoms with van der Waals surface area (Å²) < 4.78 is 2.25. The Bertz CT molecular complexity index is 745. The van der Waals surface area contributed by atoms with Crippen LogP contribution >= 0.6 is 0 Å². The molecule has 0 fully saturated rings. The second kappa shape index (κ2) is 4.13. The molecular formula is C18H15N.